The second kappa shape index (κ2) is 7.38. The van der Waals surface area contributed by atoms with Crippen LogP contribution < -0.4 is 11.1 Å². The molecule has 0 amide bonds. The molecule has 0 saturated heterocycles. The number of benzene rings is 2. The molecule has 3 aromatic heterocycles. The summed E-state index contributed by atoms with van der Waals surface area (Å²) < 4.78 is 4.16. The largest absolute Gasteiger partial charge is 0.367 e. The van der Waals surface area contributed by atoms with Crippen LogP contribution in [0.3, 0.4) is 0 Å². The van der Waals surface area contributed by atoms with Gasteiger partial charge in [-0.3, -0.25) is 4.40 Å². The van der Waals surface area contributed by atoms with Gasteiger partial charge in [0.25, 0.3) is 0 Å². The Bertz CT molecular complexity index is 1360. The number of nitrogens with one attached hydrogen (secondary N) is 1. The van der Waals surface area contributed by atoms with Gasteiger partial charge in [0.2, 0.25) is 5.65 Å². The maximum Gasteiger partial charge on any atom is 0.204 e. The number of hydrogen-bond acceptors (Lipinski definition) is 6. The van der Waals surface area contributed by atoms with Crippen LogP contribution in [0.15, 0.2) is 42.5 Å². The van der Waals surface area contributed by atoms with Gasteiger partial charge in [0, 0.05) is 19.2 Å². The number of aryl methyl sites for hydroxylation is 2. The summed E-state index contributed by atoms with van der Waals surface area (Å²) in [6.45, 7) is 3.44. The molecular weight excluding hydrogens is 376 g/mol. The highest BCUT2D eigenvalue weighted by molar-refractivity contribution is 5.88. The van der Waals surface area contributed by atoms with Crippen molar-refractivity contribution < 1.29 is 0 Å². The van der Waals surface area contributed by atoms with Gasteiger partial charge in [-0.05, 0) is 56.6 Å². The molecule has 0 unspecified atom stereocenters. The molecule has 152 valence electrons. The lowest BCUT2D eigenvalue weighted by Crippen LogP contribution is -2.09. The number of hydrogen-bond donors (Lipinski definition) is 2. The second-order valence-corrected chi connectivity index (χ2v) is 7.48. The van der Waals surface area contributed by atoms with E-state index in [-0.39, 0.29) is 0 Å². The first-order valence-corrected chi connectivity index (χ1v) is 10.2. The lowest BCUT2D eigenvalue weighted by Gasteiger charge is -2.11. The summed E-state index contributed by atoms with van der Waals surface area (Å²) in [6.07, 6.45) is 1.95. The van der Waals surface area contributed by atoms with Gasteiger partial charge in [0.15, 0.2) is 5.82 Å². The monoisotopic (exact) mass is 400 g/mol. The Kier molecular flexibility index (Phi) is 4.55. The third-order valence-electron chi connectivity index (χ3n) is 5.45. The standard InChI is InChI=1S/C22H24N8/c1-14-27-28-22-20(24-12-6-5-11-23)25-17-13-15(9-10-19(17)30(14)22)21-26-16-7-3-4-8-18(16)29(21)2/h3-4,7-10,13H,5-6,11-12,23H2,1-2H3,(H,24,25). The van der Waals surface area contributed by atoms with Crippen LogP contribution in [0.25, 0.3) is 39.1 Å². The molecule has 0 aliphatic heterocycles. The zero-order valence-corrected chi connectivity index (χ0v) is 17.1. The summed E-state index contributed by atoms with van der Waals surface area (Å²) in [4.78, 5) is 9.71. The molecule has 0 saturated carbocycles. The fourth-order valence-electron chi connectivity index (χ4n) is 3.91. The predicted octanol–water partition coefficient (Wildman–Crippen LogP) is 3.29. The first-order chi connectivity index (χ1) is 14.7. The van der Waals surface area contributed by atoms with Gasteiger partial charge >= 0.3 is 0 Å². The second-order valence-electron chi connectivity index (χ2n) is 7.48. The van der Waals surface area contributed by atoms with Gasteiger partial charge in [-0.15, -0.1) is 10.2 Å². The Balaban J connectivity index is 1.65. The van der Waals surface area contributed by atoms with Crippen molar-refractivity contribution in [1.82, 2.24) is 29.1 Å². The average molecular weight is 400 g/mol. The molecule has 0 spiro atoms. The van der Waals surface area contributed by atoms with E-state index in [1.54, 1.807) is 0 Å². The first-order valence-electron chi connectivity index (χ1n) is 10.2. The number of anilines is 1. The summed E-state index contributed by atoms with van der Waals surface area (Å²) in [7, 11) is 2.04. The Hall–Kier alpha value is -3.52. The van der Waals surface area contributed by atoms with E-state index in [0.717, 1.165) is 70.1 Å². The molecule has 3 N–H and O–H groups in total. The average Bonchev–Trinajstić information content (AvgIpc) is 3.32. The molecule has 0 aliphatic carbocycles. The van der Waals surface area contributed by atoms with Crippen molar-refractivity contribution in [1.29, 1.82) is 0 Å². The summed E-state index contributed by atoms with van der Waals surface area (Å²) in [5, 5.41) is 12.0. The number of nitrogens with zero attached hydrogens (tertiary/aromatic N) is 6. The number of nitrogens with two attached hydrogens (primary N) is 1. The van der Waals surface area contributed by atoms with Crippen molar-refractivity contribution in [2.24, 2.45) is 12.8 Å². The zero-order chi connectivity index (χ0) is 20.7. The van der Waals surface area contributed by atoms with Gasteiger partial charge in [0.1, 0.15) is 11.6 Å². The molecule has 8 heteroatoms. The van der Waals surface area contributed by atoms with Crippen molar-refractivity contribution in [3.8, 4) is 11.4 Å². The molecule has 0 bridgehead atoms. The molecule has 5 aromatic rings. The van der Waals surface area contributed by atoms with Gasteiger partial charge in [0.05, 0.1) is 22.1 Å². The SMILES string of the molecule is Cc1nnc2c(NCCCCN)nc3cc(-c4nc5ccccc5n4C)ccc3n12. The molecule has 5 rings (SSSR count). The van der Waals surface area contributed by atoms with Gasteiger partial charge in [-0.25, -0.2) is 9.97 Å². The molecule has 2 aromatic carbocycles. The van der Waals surface area contributed by atoms with Gasteiger partial charge in [-0.1, -0.05) is 12.1 Å². The van der Waals surface area contributed by atoms with Crippen molar-refractivity contribution in [3.63, 3.8) is 0 Å². The Morgan fingerprint density at radius 3 is 2.67 bits per heavy atom. The molecule has 0 radical (unpaired) electrons. The van der Waals surface area contributed by atoms with Crippen LogP contribution in [0.4, 0.5) is 5.82 Å². The molecule has 0 fully saturated rings. The number of unbranched alkanes of at least 4 members (excludes halogenated alkanes) is 1. The van der Waals surface area contributed by atoms with Crippen LogP contribution in [0.2, 0.25) is 0 Å². The predicted molar refractivity (Wildman–Crippen MR) is 120 cm³/mol. The number of para-hydroxylation sites is 2. The first kappa shape index (κ1) is 18.5. The highest BCUT2D eigenvalue weighted by atomic mass is 15.3. The van der Waals surface area contributed by atoms with Crippen molar-refractivity contribution >= 4 is 33.5 Å². The molecule has 0 atom stereocenters. The lowest BCUT2D eigenvalue weighted by atomic mass is 10.1. The van der Waals surface area contributed by atoms with Crippen molar-refractivity contribution in [2.75, 3.05) is 18.4 Å². The zero-order valence-electron chi connectivity index (χ0n) is 17.1. The topological polar surface area (TPSA) is 98.9 Å². The maximum atomic E-state index is 5.61. The van der Waals surface area contributed by atoms with Crippen LogP contribution in [0, 0.1) is 6.92 Å². The third-order valence-corrected chi connectivity index (χ3v) is 5.45. The lowest BCUT2D eigenvalue weighted by molar-refractivity contribution is 0.772. The van der Waals surface area contributed by atoms with E-state index in [1.807, 2.05) is 36.6 Å². The minimum Gasteiger partial charge on any atom is -0.367 e. The van der Waals surface area contributed by atoms with Crippen LogP contribution >= 0.6 is 0 Å². The van der Waals surface area contributed by atoms with Crippen LogP contribution in [-0.4, -0.2) is 42.2 Å². The molecule has 8 nitrogen and oxygen atoms in total. The van der Waals surface area contributed by atoms with Crippen molar-refractivity contribution in [2.45, 2.75) is 19.8 Å². The quantitative estimate of drug-likeness (QED) is 0.424. The van der Waals surface area contributed by atoms with E-state index in [1.165, 1.54) is 0 Å². The fraction of sp³-hybridized carbons (Fsp3) is 0.273. The molecule has 30 heavy (non-hydrogen) atoms. The summed E-state index contributed by atoms with van der Waals surface area (Å²) >= 11 is 0. The van der Waals surface area contributed by atoms with Crippen LogP contribution in [-0.2, 0) is 7.05 Å². The van der Waals surface area contributed by atoms with Crippen LogP contribution in [0.1, 0.15) is 18.7 Å². The van der Waals surface area contributed by atoms with Gasteiger partial charge < -0.3 is 15.6 Å². The number of aromatic nitrogens is 6. The summed E-state index contributed by atoms with van der Waals surface area (Å²) in [5.74, 6) is 2.48. The minimum atomic E-state index is 0.688. The Labute approximate surface area is 173 Å². The summed E-state index contributed by atoms with van der Waals surface area (Å²) in [5.41, 5.74) is 11.3. The third kappa shape index (κ3) is 2.96. The minimum absolute atomic E-state index is 0.688. The smallest absolute Gasteiger partial charge is 0.204 e. The van der Waals surface area contributed by atoms with Crippen molar-refractivity contribution in [3.05, 3.63) is 48.3 Å². The highest BCUT2D eigenvalue weighted by Crippen LogP contribution is 2.28. The van der Waals surface area contributed by atoms with E-state index in [2.05, 4.69) is 44.3 Å². The Morgan fingerprint density at radius 1 is 0.967 bits per heavy atom. The van der Waals surface area contributed by atoms with E-state index in [4.69, 9.17) is 15.7 Å². The van der Waals surface area contributed by atoms with E-state index in [0.29, 0.717) is 6.54 Å². The number of fused-ring (bicyclic) bond motifs is 4. The van der Waals surface area contributed by atoms with E-state index >= 15 is 0 Å². The number of rotatable bonds is 6. The highest BCUT2D eigenvalue weighted by Gasteiger charge is 2.15. The Morgan fingerprint density at radius 2 is 1.83 bits per heavy atom. The molecule has 0 aliphatic rings. The summed E-state index contributed by atoms with van der Waals surface area (Å²) in [6, 6.07) is 14.4. The van der Waals surface area contributed by atoms with E-state index < -0.39 is 0 Å². The maximum absolute atomic E-state index is 5.61. The van der Waals surface area contributed by atoms with E-state index in [9.17, 15) is 0 Å². The van der Waals surface area contributed by atoms with Crippen LogP contribution in [0.5, 0.6) is 0 Å². The normalized spacial score (nSPS) is 11.7. The van der Waals surface area contributed by atoms with Gasteiger partial charge in [-0.2, -0.15) is 0 Å². The molecular formula is C22H24N8. The fourth-order valence-corrected chi connectivity index (χ4v) is 3.91. The molecule has 3 heterocycles. The number of imidazole rings is 1.